The van der Waals surface area contributed by atoms with Crippen molar-refractivity contribution < 1.29 is 19.4 Å². The zero-order valence-electron chi connectivity index (χ0n) is 20.5. The van der Waals surface area contributed by atoms with E-state index < -0.39 is 6.04 Å². The summed E-state index contributed by atoms with van der Waals surface area (Å²) in [5.41, 5.74) is 4.78. The lowest BCUT2D eigenvalue weighted by Gasteiger charge is -2.18. The molecule has 186 valence electrons. The van der Waals surface area contributed by atoms with Crippen LogP contribution in [0.4, 0.5) is 5.69 Å². The summed E-state index contributed by atoms with van der Waals surface area (Å²) in [6.07, 6.45) is 3.20. The van der Waals surface area contributed by atoms with Gasteiger partial charge in [0, 0.05) is 29.7 Å². The molecule has 0 aliphatic rings. The number of amides is 2. The Bertz CT molecular complexity index is 1360. The normalized spacial score (nSPS) is 11.8. The van der Waals surface area contributed by atoms with Gasteiger partial charge in [-0.1, -0.05) is 43.3 Å². The molecule has 36 heavy (non-hydrogen) atoms. The van der Waals surface area contributed by atoms with E-state index in [1.165, 1.54) is 6.92 Å². The van der Waals surface area contributed by atoms with Crippen LogP contribution in [0.3, 0.4) is 0 Å². The van der Waals surface area contributed by atoms with Crippen molar-refractivity contribution >= 4 is 28.4 Å². The molecule has 0 aliphatic heterocycles. The second-order valence-electron chi connectivity index (χ2n) is 8.74. The molecule has 4 rings (SSSR count). The smallest absolute Gasteiger partial charge is 0.255 e. The minimum atomic E-state index is -0.470. The van der Waals surface area contributed by atoms with E-state index in [-0.39, 0.29) is 18.4 Å². The fourth-order valence-corrected chi connectivity index (χ4v) is 4.19. The Morgan fingerprint density at radius 3 is 2.61 bits per heavy atom. The number of nitrogens with one attached hydrogen (secondary N) is 3. The number of aromatic nitrogens is 1. The van der Waals surface area contributed by atoms with Crippen molar-refractivity contribution in [2.24, 2.45) is 0 Å². The lowest BCUT2D eigenvalue weighted by Crippen LogP contribution is -2.39. The number of ether oxygens (including phenoxy) is 1. The van der Waals surface area contributed by atoms with Gasteiger partial charge in [-0.25, -0.2) is 0 Å². The third-order valence-corrected chi connectivity index (χ3v) is 5.90. The monoisotopic (exact) mass is 485 g/mol. The van der Waals surface area contributed by atoms with E-state index in [2.05, 4.69) is 15.6 Å². The van der Waals surface area contributed by atoms with Crippen molar-refractivity contribution in [3.05, 3.63) is 84.1 Å². The zero-order valence-corrected chi connectivity index (χ0v) is 20.5. The Morgan fingerprint density at radius 1 is 1.03 bits per heavy atom. The van der Waals surface area contributed by atoms with Crippen LogP contribution in [0.15, 0.2) is 72.9 Å². The van der Waals surface area contributed by atoms with Crippen LogP contribution in [0.25, 0.3) is 22.0 Å². The van der Waals surface area contributed by atoms with E-state index in [1.807, 2.05) is 67.7 Å². The van der Waals surface area contributed by atoms with Gasteiger partial charge in [0.1, 0.15) is 5.75 Å². The van der Waals surface area contributed by atoms with Gasteiger partial charge in [-0.15, -0.1) is 0 Å². The zero-order chi connectivity index (χ0) is 25.5. The highest BCUT2D eigenvalue weighted by atomic mass is 16.5. The average molecular weight is 486 g/mol. The molecule has 4 N–H and O–H groups in total. The topological polar surface area (TPSA) is 103 Å². The Kier molecular flexibility index (Phi) is 8.02. The summed E-state index contributed by atoms with van der Waals surface area (Å²) in [6.45, 7) is 3.75. The number of hydrogen-bond acceptors (Lipinski definition) is 4. The van der Waals surface area contributed by atoms with Gasteiger partial charge in [0.05, 0.1) is 24.8 Å². The number of fused-ring (bicyclic) bond motifs is 1. The number of anilines is 1. The van der Waals surface area contributed by atoms with E-state index >= 15 is 0 Å². The van der Waals surface area contributed by atoms with E-state index in [9.17, 15) is 14.7 Å². The number of carbonyl (C=O) groups excluding carboxylic acids is 2. The van der Waals surface area contributed by atoms with Gasteiger partial charge >= 0.3 is 0 Å². The number of aliphatic hydroxyl groups excluding tert-OH is 1. The minimum absolute atomic E-state index is 0.152. The minimum Gasteiger partial charge on any atom is -0.493 e. The second-order valence-corrected chi connectivity index (χ2v) is 8.74. The van der Waals surface area contributed by atoms with Crippen molar-refractivity contribution in [2.75, 3.05) is 18.5 Å². The summed E-state index contributed by atoms with van der Waals surface area (Å²) >= 11 is 0. The van der Waals surface area contributed by atoms with Crippen LogP contribution < -0.4 is 15.4 Å². The van der Waals surface area contributed by atoms with Crippen molar-refractivity contribution in [3.8, 4) is 16.9 Å². The molecule has 1 heterocycles. The van der Waals surface area contributed by atoms with Crippen molar-refractivity contribution in [2.45, 2.75) is 32.7 Å². The van der Waals surface area contributed by atoms with E-state index in [0.717, 1.165) is 34.0 Å². The van der Waals surface area contributed by atoms with Crippen molar-refractivity contribution in [1.29, 1.82) is 0 Å². The molecule has 7 nitrogen and oxygen atoms in total. The number of aromatic amines is 1. The van der Waals surface area contributed by atoms with Gasteiger partial charge in [0.15, 0.2) is 0 Å². The number of aliphatic hydroxyl groups is 1. The first-order valence-electron chi connectivity index (χ1n) is 12.1. The van der Waals surface area contributed by atoms with Crippen LogP contribution in [0.2, 0.25) is 0 Å². The summed E-state index contributed by atoms with van der Waals surface area (Å²) < 4.78 is 5.87. The van der Waals surface area contributed by atoms with Gasteiger partial charge < -0.3 is 25.5 Å². The van der Waals surface area contributed by atoms with Crippen LogP contribution >= 0.6 is 0 Å². The number of para-hydroxylation sites is 1. The Hall–Kier alpha value is -4.10. The van der Waals surface area contributed by atoms with Crippen molar-refractivity contribution in [3.63, 3.8) is 0 Å². The highest BCUT2D eigenvalue weighted by Crippen LogP contribution is 2.29. The van der Waals surface area contributed by atoms with Gasteiger partial charge in [-0.3, -0.25) is 9.59 Å². The third kappa shape index (κ3) is 5.93. The van der Waals surface area contributed by atoms with Gasteiger partial charge in [-0.05, 0) is 59.9 Å². The molecule has 0 saturated heterocycles. The quantitative estimate of drug-likeness (QED) is 0.256. The Labute approximate surface area is 210 Å². The molecule has 3 aromatic carbocycles. The Morgan fingerprint density at radius 2 is 1.83 bits per heavy atom. The molecular weight excluding hydrogens is 454 g/mol. The molecule has 0 fully saturated rings. The number of rotatable bonds is 10. The lowest BCUT2D eigenvalue weighted by molar-refractivity contribution is -0.114. The molecule has 2 amide bonds. The number of hydrogen-bond donors (Lipinski definition) is 4. The summed E-state index contributed by atoms with van der Waals surface area (Å²) in [5.74, 6) is 0.0144. The summed E-state index contributed by atoms with van der Waals surface area (Å²) in [6, 6.07) is 20.4. The molecule has 0 radical (unpaired) electrons. The summed E-state index contributed by atoms with van der Waals surface area (Å²) in [7, 11) is 0. The maximum atomic E-state index is 13.4. The lowest BCUT2D eigenvalue weighted by atomic mass is 10.0. The molecule has 0 unspecified atom stereocenters. The summed E-state index contributed by atoms with van der Waals surface area (Å²) in [5, 5.41) is 16.9. The SMILES string of the molecule is CCCOc1ccc(-c2cccc(NC(C)=O)c2)cc1C(=O)N[C@H](CO)Cc1c[nH]c2ccccc12. The standard InChI is InChI=1S/C29H31N3O4/c1-3-13-36-28-12-11-21(20-7-6-8-23(14-20)31-19(2)34)16-26(28)29(35)32-24(18-33)15-22-17-30-27-10-5-4-9-25(22)27/h4-12,14,16-17,24,30,33H,3,13,15,18H2,1-2H3,(H,31,34)(H,32,35)/t24-/m0/s1. The molecule has 0 bridgehead atoms. The van der Waals surface area contributed by atoms with Crippen LogP contribution in [0.1, 0.15) is 36.2 Å². The molecule has 0 aliphatic carbocycles. The first-order valence-corrected chi connectivity index (χ1v) is 12.1. The van der Waals surface area contributed by atoms with Crippen LogP contribution in [-0.4, -0.2) is 41.2 Å². The number of carbonyl (C=O) groups is 2. The molecule has 4 aromatic rings. The largest absolute Gasteiger partial charge is 0.493 e. The summed E-state index contributed by atoms with van der Waals surface area (Å²) in [4.78, 5) is 28.1. The predicted molar refractivity (Wildman–Crippen MR) is 142 cm³/mol. The van der Waals surface area contributed by atoms with Gasteiger partial charge in [0.25, 0.3) is 5.91 Å². The first kappa shape index (κ1) is 25.0. The second kappa shape index (κ2) is 11.6. The molecule has 1 aromatic heterocycles. The maximum absolute atomic E-state index is 13.4. The van der Waals surface area contributed by atoms with Crippen LogP contribution in [-0.2, 0) is 11.2 Å². The predicted octanol–water partition coefficient (Wildman–Crippen LogP) is 4.92. The highest BCUT2D eigenvalue weighted by molar-refractivity contribution is 5.98. The fraction of sp³-hybridized carbons (Fsp3) is 0.241. The van der Waals surface area contributed by atoms with Gasteiger partial charge in [0.2, 0.25) is 5.91 Å². The fourth-order valence-electron chi connectivity index (χ4n) is 4.19. The molecule has 0 spiro atoms. The molecular formula is C29H31N3O4. The van der Waals surface area contributed by atoms with E-state index in [1.54, 1.807) is 12.1 Å². The first-order chi connectivity index (χ1) is 17.5. The van der Waals surface area contributed by atoms with Gasteiger partial charge in [-0.2, -0.15) is 0 Å². The van der Waals surface area contributed by atoms with E-state index in [0.29, 0.717) is 30.0 Å². The Balaban J connectivity index is 1.60. The molecule has 0 saturated carbocycles. The molecule has 7 heteroatoms. The van der Waals surface area contributed by atoms with E-state index in [4.69, 9.17) is 4.74 Å². The highest BCUT2D eigenvalue weighted by Gasteiger charge is 2.20. The molecule has 1 atom stereocenters. The maximum Gasteiger partial charge on any atom is 0.255 e. The van der Waals surface area contributed by atoms with Crippen LogP contribution in [0.5, 0.6) is 5.75 Å². The number of benzene rings is 3. The average Bonchev–Trinajstić information content (AvgIpc) is 3.29. The number of H-pyrrole nitrogens is 1. The third-order valence-electron chi connectivity index (χ3n) is 5.90. The van der Waals surface area contributed by atoms with Crippen LogP contribution in [0, 0.1) is 0 Å². The van der Waals surface area contributed by atoms with Crippen molar-refractivity contribution in [1.82, 2.24) is 10.3 Å².